The SMILES string of the molecule is CCCCCCCCC/C=C\CCC(=O)Cl. The fourth-order valence-electron chi connectivity index (χ4n) is 1.65. The fraction of sp³-hybridized carbons (Fsp3) is 0.786. The van der Waals surface area contributed by atoms with E-state index < -0.39 is 0 Å². The van der Waals surface area contributed by atoms with Crippen LogP contribution in [-0.2, 0) is 4.79 Å². The van der Waals surface area contributed by atoms with Crippen LogP contribution in [0.3, 0.4) is 0 Å². The zero-order valence-corrected chi connectivity index (χ0v) is 11.3. The first-order valence-electron chi connectivity index (χ1n) is 6.60. The third-order valence-corrected chi connectivity index (χ3v) is 2.84. The molecule has 0 fully saturated rings. The van der Waals surface area contributed by atoms with Crippen molar-refractivity contribution >= 4 is 16.8 Å². The second-order valence-corrected chi connectivity index (χ2v) is 4.70. The molecule has 0 aliphatic heterocycles. The van der Waals surface area contributed by atoms with Crippen LogP contribution in [0.2, 0.25) is 0 Å². The van der Waals surface area contributed by atoms with Gasteiger partial charge in [0.15, 0.2) is 0 Å². The summed E-state index contributed by atoms with van der Waals surface area (Å²) in [6, 6.07) is 0. The van der Waals surface area contributed by atoms with Crippen LogP contribution >= 0.6 is 11.6 Å². The van der Waals surface area contributed by atoms with Crippen molar-refractivity contribution in [2.45, 2.75) is 71.1 Å². The summed E-state index contributed by atoms with van der Waals surface area (Å²) < 4.78 is 0. The van der Waals surface area contributed by atoms with Gasteiger partial charge >= 0.3 is 0 Å². The maximum atomic E-state index is 10.4. The smallest absolute Gasteiger partial charge is 0.221 e. The lowest BCUT2D eigenvalue weighted by Crippen LogP contribution is -1.82. The lowest BCUT2D eigenvalue weighted by atomic mass is 10.1. The molecule has 0 unspecified atom stereocenters. The van der Waals surface area contributed by atoms with Crippen molar-refractivity contribution in [1.29, 1.82) is 0 Å². The Hall–Kier alpha value is -0.300. The second-order valence-electron chi connectivity index (χ2n) is 4.28. The van der Waals surface area contributed by atoms with E-state index in [2.05, 4.69) is 19.1 Å². The van der Waals surface area contributed by atoms with Crippen LogP contribution in [-0.4, -0.2) is 5.24 Å². The molecule has 0 aliphatic carbocycles. The lowest BCUT2D eigenvalue weighted by Gasteiger charge is -1.98. The molecule has 0 N–H and O–H groups in total. The van der Waals surface area contributed by atoms with Gasteiger partial charge in [-0.3, -0.25) is 4.79 Å². The van der Waals surface area contributed by atoms with Crippen molar-refractivity contribution in [3.8, 4) is 0 Å². The van der Waals surface area contributed by atoms with E-state index in [1.807, 2.05) is 0 Å². The van der Waals surface area contributed by atoms with E-state index in [4.69, 9.17) is 11.6 Å². The maximum Gasteiger partial charge on any atom is 0.221 e. The van der Waals surface area contributed by atoms with Gasteiger partial charge in [-0.25, -0.2) is 0 Å². The molecule has 94 valence electrons. The summed E-state index contributed by atoms with van der Waals surface area (Å²) in [5.41, 5.74) is 0. The molecule has 0 amide bonds. The quantitative estimate of drug-likeness (QED) is 0.276. The summed E-state index contributed by atoms with van der Waals surface area (Å²) >= 11 is 5.23. The molecule has 0 rings (SSSR count). The number of unbranched alkanes of at least 4 members (excludes halogenated alkanes) is 7. The van der Waals surface area contributed by atoms with Gasteiger partial charge in [0.25, 0.3) is 0 Å². The van der Waals surface area contributed by atoms with Crippen LogP contribution in [0.25, 0.3) is 0 Å². The van der Waals surface area contributed by atoms with Crippen molar-refractivity contribution in [1.82, 2.24) is 0 Å². The predicted molar refractivity (Wildman–Crippen MR) is 71.8 cm³/mol. The van der Waals surface area contributed by atoms with Gasteiger partial charge in [-0.05, 0) is 30.9 Å². The Bertz CT molecular complexity index is 187. The molecule has 2 heteroatoms. The third kappa shape index (κ3) is 13.7. The van der Waals surface area contributed by atoms with E-state index in [0.29, 0.717) is 6.42 Å². The Labute approximate surface area is 105 Å². The Balaban J connectivity index is 3.05. The first-order valence-corrected chi connectivity index (χ1v) is 6.98. The molecule has 16 heavy (non-hydrogen) atoms. The molecule has 0 aliphatic rings. The summed E-state index contributed by atoms with van der Waals surface area (Å²) in [5.74, 6) is 0. The monoisotopic (exact) mass is 244 g/mol. The molecule has 0 spiro atoms. The van der Waals surface area contributed by atoms with Crippen LogP contribution in [0.1, 0.15) is 71.1 Å². The van der Waals surface area contributed by atoms with Crippen LogP contribution in [0, 0.1) is 0 Å². The van der Waals surface area contributed by atoms with E-state index in [-0.39, 0.29) is 5.24 Å². The second kappa shape index (κ2) is 12.8. The predicted octanol–water partition coefficient (Wildman–Crippen LogP) is 5.23. The number of hydrogen-bond donors (Lipinski definition) is 0. The maximum absolute atomic E-state index is 10.4. The van der Waals surface area contributed by atoms with Gasteiger partial charge in [0.05, 0.1) is 0 Å². The number of rotatable bonds is 11. The number of carbonyl (C=O) groups is 1. The number of halogens is 1. The molecular weight excluding hydrogens is 220 g/mol. The topological polar surface area (TPSA) is 17.1 Å². The van der Waals surface area contributed by atoms with Crippen LogP contribution in [0.5, 0.6) is 0 Å². The lowest BCUT2D eigenvalue weighted by molar-refractivity contribution is -0.111. The average Bonchev–Trinajstić information content (AvgIpc) is 2.25. The van der Waals surface area contributed by atoms with Gasteiger partial charge in [0.1, 0.15) is 0 Å². The molecule has 0 aromatic heterocycles. The minimum atomic E-state index is -0.236. The molecule has 1 nitrogen and oxygen atoms in total. The Kier molecular flexibility index (Phi) is 12.5. The zero-order chi connectivity index (χ0) is 12.1. The molecular formula is C14H25ClO. The van der Waals surface area contributed by atoms with Crippen LogP contribution in [0.15, 0.2) is 12.2 Å². The first kappa shape index (κ1) is 15.7. The molecule has 0 aromatic carbocycles. The summed E-state index contributed by atoms with van der Waals surface area (Å²) in [6.45, 7) is 2.25. The van der Waals surface area contributed by atoms with Crippen LogP contribution in [0.4, 0.5) is 0 Å². The first-order chi connectivity index (χ1) is 7.77. The van der Waals surface area contributed by atoms with Gasteiger partial charge in [-0.2, -0.15) is 0 Å². The normalized spacial score (nSPS) is 11.1. The minimum Gasteiger partial charge on any atom is -0.281 e. The van der Waals surface area contributed by atoms with Crippen molar-refractivity contribution in [2.75, 3.05) is 0 Å². The van der Waals surface area contributed by atoms with Gasteiger partial charge in [-0.15, -0.1) is 0 Å². The largest absolute Gasteiger partial charge is 0.281 e. The van der Waals surface area contributed by atoms with E-state index in [1.54, 1.807) is 0 Å². The van der Waals surface area contributed by atoms with E-state index >= 15 is 0 Å². The molecule has 0 aromatic rings. The van der Waals surface area contributed by atoms with Gasteiger partial charge in [0.2, 0.25) is 5.24 Å². The Morgan fingerprint density at radius 3 is 2.12 bits per heavy atom. The molecule has 0 saturated heterocycles. The summed E-state index contributed by atoms with van der Waals surface area (Å²) in [7, 11) is 0. The minimum absolute atomic E-state index is 0.236. The molecule has 0 saturated carbocycles. The number of allylic oxidation sites excluding steroid dienone is 2. The van der Waals surface area contributed by atoms with Crippen LogP contribution < -0.4 is 0 Å². The van der Waals surface area contributed by atoms with Crippen molar-refractivity contribution < 1.29 is 4.79 Å². The Morgan fingerprint density at radius 2 is 1.50 bits per heavy atom. The van der Waals surface area contributed by atoms with Crippen molar-refractivity contribution in [3.63, 3.8) is 0 Å². The molecule has 0 heterocycles. The number of hydrogen-bond acceptors (Lipinski definition) is 1. The van der Waals surface area contributed by atoms with Gasteiger partial charge in [0, 0.05) is 6.42 Å². The highest BCUT2D eigenvalue weighted by atomic mass is 35.5. The highest BCUT2D eigenvalue weighted by molar-refractivity contribution is 6.63. The highest BCUT2D eigenvalue weighted by Gasteiger charge is 1.91. The average molecular weight is 245 g/mol. The summed E-state index contributed by atoms with van der Waals surface area (Å²) in [6.07, 6.45) is 16.1. The highest BCUT2D eigenvalue weighted by Crippen LogP contribution is 2.08. The number of carbonyl (C=O) groups excluding carboxylic acids is 1. The summed E-state index contributed by atoms with van der Waals surface area (Å²) in [5, 5.41) is -0.236. The van der Waals surface area contributed by atoms with Crippen molar-refractivity contribution in [2.24, 2.45) is 0 Å². The molecule has 0 bridgehead atoms. The molecule has 0 radical (unpaired) electrons. The standard InChI is InChI=1S/C14H25ClO/c1-2-3-4-5-6-7-8-9-10-11-12-13-14(15)16/h10-11H,2-9,12-13H2,1H3/b11-10-. The van der Waals surface area contributed by atoms with E-state index in [9.17, 15) is 4.79 Å². The van der Waals surface area contributed by atoms with Gasteiger partial charge in [-0.1, -0.05) is 57.6 Å². The zero-order valence-electron chi connectivity index (χ0n) is 10.5. The van der Waals surface area contributed by atoms with Gasteiger partial charge < -0.3 is 0 Å². The van der Waals surface area contributed by atoms with Crippen molar-refractivity contribution in [3.05, 3.63) is 12.2 Å². The fourth-order valence-corrected chi connectivity index (χ4v) is 1.76. The molecule has 0 atom stereocenters. The Morgan fingerprint density at radius 1 is 0.938 bits per heavy atom. The van der Waals surface area contributed by atoms with E-state index in [0.717, 1.165) is 12.8 Å². The summed E-state index contributed by atoms with van der Waals surface area (Å²) in [4.78, 5) is 10.4. The third-order valence-electron chi connectivity index (χ3n) is 2.65. The van der Waals surface area contributed by atoms with E-state index in [1.165, 1.54) is 44.9 Å².